The van der Waals surface area contributed by atoms with E-state index in [2.05, 4.69) is 252 Å². The Morgan fingerprint density at radius 1 is 0.355 bits per heavy atom. The first-order valence-electron chi connectivity index (χ1n) is 26.0. The molecule has 0 fully saturated rings. The summed E-state index contributed by atoms with van der Waals surface area (Å²) in [5.74, 6) is 0. The number of nitrogens with zero attached hydrogens (tertiary/aromatic N) is 4. The fourth-order valence-corrected chi connectivity index (χ4v) is 12.6. The predicted octanol–water partition coefficient (Wildman–Crippen LogP) is 18.8. The molecule has 2 aliphatic rings. The number of aryl methyl sites for hydroxylation is 2. The van der Waals surface area contributed by atoms with Crippen molar-refractivity contribution in [3.8, 4) is 44.5 Å². The lowest BCUT2D eigenvalue weighted by Crippen LogP contribution is -2.26. The number of pyridine rings is 2. The van der Waals surface area contributed by atoms with Gasteiger partial charge in [-0.25, -0.2) is 0 Å². The Balaban J connectivity index is 1.07. The van der Waals surface area contributed by atoms with Gasteiger partial charge in [0.05, 0.1) is 45.9 Å². The normalized spacial score (nSPS) is 12.7. The highest BCUT2D eigenvalue weighted by molar-refractivity contribution is 6.23. The Kier molecular flexibility index (Phi) is 9.85. The number of aromatic nitrogens is 2. The average molecular weight is 973 g/mol. The van der Waals surface area contributed by atoms with Gasteiger partial charge in [-0.05, 0) is 147 Å². The minimum atomic E-state index is -0.777. The van der Waals surface area contributed by atoms with Gasteiger partial charge in [0.15, 0.2) is 0 Å². The summed E-state index contributed by atoms with van der Waals surface area (Å²) in [7, 11) is 0. The molecule has 5 heteroatoms. The fourth-order valence-electron chi connectivity index (χ4n) is 12.6. The van der Waals surface area contributed by atoms with Crippen LogP contribution in [0.4, 0.5) is 34.1 Å². The summed E-state index contributed by atoms with van der Waals surface area (Å²) < 4.78 is 7.45. The van der Waals surface area contributed by atoms with Crippen LogP contribution in [0.25, 0.3) is 77.2 Å². The molecule has 2 aliphatic carbocycles. The zero-order valence-corrected chi connectivity index (χ0v) is 41.9. The Labute approximate surface area is 441 Å². The molecule has 13 aromatic rings. The standard InChI is InChI=1S/C71H48N4O/c1-45-29-35-53(43-72-45)74(51-37-31-49(32-38-51)47-17-5-3-6-18-47)64-41-62-67(58-24-10-9-23-57(58)64)69-63(71(62)60-26-14-11-21-55(60)56-22-12-15-27-61(56)71)42-65(68-59-25-13-16-28-66(59)76-70(68)69)75(54-36-30-46(2)73-44-54)52-39-33-50(34-40-52)48-19-7-4-8-20-48/h3-44H,1-2H3. The molecular weight excluding hydrogens is 925 g/mol. The SMILES string of the molecule is Cc1ccc(N(c2ccc(-c3ccccc3)cc2)c2cc3c(c4ccccc24)-c2c(cc(N(c4ccc(-c5ccccc5)cc4)c4ccc(C)nc4)c4c2oc2ccccc24)C32c3ccccc3-c3ccccc32)cn1. The number of furan rings is 1. The average Bonchev–Trinajstić information content (AvgIpc) is 4.30. The molecule has 358 valence electrons. The highest BCUT2D eigenvalue weighted by atomic mass is 16.3. The molecule has 5 nitrogen and oxygen atoms in total. The van der Waals surface area contributed by atoms with Crippen molar-refractivity contribution >= 4 is 66.8 Å². The van der Waals surface area contributed by atoms with E-state index in [4.69, 9.17) is 14.4 Å². The quantitative estimate of drug-likeness (QED) is 0.152. The largest absolute Gasteiger partial charge is 0.455 e. The zero-order valence-electron chi connectivity index (χ0n) is 41.9. The first-order chi connectivity index (χ1) is 37.5. The molecule has 3 aromatic heterocycles. The molecule has 10 aromatic carbocycles. The van der Waals surface area contributed by atoms with Gasteiger partial charge in [-0.3, -0.25) is 9.97 Å². The van der Waals surface area contributed by atoms with Crippen LogP contribution >= 0.6 is 0 Å². The van der Waals surface area contributed by atoms with Crippen molar-refractivity contribution in [1.29, 1.82) is 0 Å². The minimum absolute atomic E-state index is 0.777. The van der Waals surface area contributed by atoms with Crippen LogP contribution in [0, 0.1) is 13.8 Å². The molecule has 0 aliphatic heterocycles. The number of fused-ring (bicyclic) bond motifs is 16. The van der Waals surface area contributed by atoms with Gasteiger partial charge in [0, 0.05) is 39.1 Å². The van der Waals surface area contributed by atoms with Crippen LogP contribution in [0.1, 0.15) is 33.6 Å². The molecule has 0 saturated carbocycles. The van der Waals surface area contributed by atoms with Crippen LogP contribution < -0.4 is 9.80 Å². The third-order valence-corrected chi connectivity index (χ3v) is 15.9. The summed E-state index contributed by atoms with van der Waals surface area (Å²) in [6, 6.07) is 88.4. The maximum atomic E-state index is 7.45. The molecule has 0 amide bonds. The molecule has 0 atom stereocenters. The van der Waals surface area contributed by atoms with Gasteiger partial charge in [-0.15, -0.1) is 0 Å². The highest BCUT2D eigenvalue weighted by Gasteiger charge is 2.54. The second-order valence-electron chi connectivity index (χ2n) is 20.1. The molecule has 15 rings (SSSR count). The minimum Gasteiger partial charge on any atom is -0.455 e. The lowest BCUT2D eigenvalue weighted by Gasteiger charge is -2.34. The molecule has 1 spiro atoms. The molecule has 0 saturated heterocycles. The van der Waals surface area contributed by atoms with Crippen LogP contribution in [0.3, 0.4) is 0 Å². The number of rotatable bonds is 8. The zero-order chi connectivity index (χ0) is 50.5. The highest BCUT2D eigenvalue weighted by Crippen LogP contribution is 2.67. The van der Waals surface area contributed by atoms with E-state index in [1.165, 1.54) is 50.1 Å². The fraction of sp³-hybridized carbons (Fsp3) is 0.0423. The summed E-state index contributed by atoms with van der Waals surface area (Å²) in [5.41, 5.74) is 23.1. The molecule has 0 radical (unpaired) electrons. The van der Waals surface area contributed by atoms with Crippen LogP contribution in [-0.4, -0.2) is 9.97 Å². The van der Waals surface area contributed by atoms with Crippen LogP contribution in [0.5, 0.6) is 0 Å². The Hall–Kier alpha value is -9.84. The summed E-state index contributed by atoms with van der Waals surface area (Å²) >= 11 is 0. The lowest BCUT2D eigenvalue weighted by molar-refractivity contribution is 0.669. The first-order valence-corrected chi connectivity index (χ1v) is 26.0. The van der Waals surface area contributed by atoms with Crippen molar-refractivity contribution in [3.05, 3.63) is 289 Å². The molecule has 76 heavy (non-hydrogen) atoms. The first kappa shape index (κ1) is 43.7. The van der Waals surface area contributed by atoms with Gasteiger partial charge in [-0.1, -0.05) is 176 Å². The van der Waals surface area contributed by atoms with E-state index < -0.39 is 5.41 Å². The second-order valence-corrected chi connectivity index (χ2v) is 20.1. The summed E-state index contributed by atoms with van der Waals surface area (Å²) in [6.45, 7) is 4.09. The number of benzene rings is 10. The predicted molar refractivity (Wildman–Crippen MR) is 313 cm³/mol. The van der Waals surface area contributed by atoms with Crippen molar-refractivity contribution in [2.75, 3.05) is 9.80 Å². The molecule has 3 heterocycles. The number of para-hydroxylation sites is 1. The van der Waals surface area contributed by atoms with Gasteiger partial charge in [0.2, 0.25) is 0 Å². The van der Waals surface area contributed by atoms with Gasteiger partial charge in [0.1, 0.15) is 11.2 Å². The van der Waals surface area contributed by atoms with E-state index in [1.54, 1.807) is 0 Å². The topological polar surface area (TPSA) is 45.4 Å². The van der Waals surface area contributed by atoms with E-state index in [0.717, 1.165) is 94.9 Å². The van der Waals surface area contributed by atoms with E-state index in [1.807, 2.05) is 26.2 Å². The van der Waals surface area contributed by atoms with E-state index in [-0.39, 0.29) is 0 Å². The van der Waals surface area contributed by atoms with Gasteiger partial charge < -0.3 is 14.2 Å². The third-order valence-electron chi connectivity index (χ3n) is 15.9. The molecular formula is C71H48N4O. The monoisotopic (exact) mass is 972 g/mol. The van der Waals surface area contributed by atoms with Gasteiger partial charge in [0.25, 0.3) is 0 Å². The third kappa shape index (κ3) is 6.52. The van der Waals surface area contributed by atoms with Gasteiger partial charge in [-0.2, -0.15) is 0 Å². The Morgan fingerprint density at radius 3 is 1.34 bits per heavy atom. The number of hydrogen-bond donors (Lipinski definition) is 0. The van der Waals surface area contributed by atoms with Crippen molar-refractivity contribution in [2.24, 2.45) is 0 Å². The summed E-state index contributed by atoms with van der Waals surface area (Å²) in [5, 5.41) is 4.36. The van der Waals surface area contributed by atoms with Crippen LogP contribution in [0.2, 0.25) is 0 Å². The van der Waals surface area contributed by atoms with Crippen LogP contribution in [0.15, 0.2) is 259 Å². The maximum Gasteiger partial charge on any atom is 0.145 e. The smallest absolute Gasteiger partial charge is 0.145 e. The Morgan fingerprint density at radius 2 is 0.789 bits per heavy atom. The molecule has 0 N–H and O–H groups in total. The van der Waals surface area contributed by atoms with E-state index in [0.29, 0.717) is 0 Å². The lowest BCUT2D eigenvalue weighted by atomic mass is 9.70. The number of anilines is 6. The molecule has 0 bridgehead atoms. The van der Waals surface area contributed by atoms with Crippen molar-refractivity contribution in [2.45, 2.75) is 19.3 Å². The van der Waals surface area contributed by atoms with Crippen LogP contribution in [-0.2, 0) is 5.41 Å². The maximum absolute atomic E-state index is 7.45. The summed E-state index contributed by atoms with van der Waals surface area (Å²) in [4.78, 5) is 14.7. The van der Waals surface area contributed by atoms with Crippen molar-refractivity contribution < 1.29 is 4.42 Å². The van der Waals surface area contributed by atoms with Crippen molar-refractivity contribution in [1.82, 2.24) is 9.97 Å². The van der Waals surface area contributed by atoms with E-state index >= 15 is 0 Å². The van der Waals surface area contributed by atoms with Crippen molar-refractivity contribution in [3.63, 3.8) is 0 Å². The second kappa shape index (κ2) is 17.1. The summed E-state index contributed by atoms with van der Waals surface area (Å²) in [6.07, 6.45) is 4.02. The van der Waals surface area contributed by atoms with E-state index in [9.17, 15) is 0 Å². The van der Waals surface area contributed by atoms with Gasteiger partial charge >= 0.3 is 0 Å². The Bertz CT molecular complexity index is 4350. The molecule has 0 unspecified atom stereocenters. The number of hydrogen-bond acceptors (Lipinski definition) is 5.